The summed E-state index contributed by atoms with van der Waals surface area (Å²) in [6.07, 6.45) is 6.78. The van der Waals surface area contributed by atoms with Crippen LogP contribution in [-0.4, -0.2) is 0 Å². The maximum atomic E-state index is 12.6. The third kappa shape index (κ3) is 1.56. The van der Waals surface area contributed by atoms with Gasteiger partial charge in [0.15, 0.2) is 0 Å². The second-order valence-corrected chi connectivity index (χ2v) is 2.61. The lowest BCUT2D eigenvalue weighted by atomic mass is 10.0. The summed E-state index contributed by atoms with van der Waals surface area (Å²) < 4.78 is 12.6. The van der Waals surface area contributed by atoms with Crippen molar-refractivity contribution in [1.82, 2.24) is 0 Å². The van der Waals surface area contributed by atoms with Crippen molar-refractivity contribution in [2.45, 2.75) is 13.8 Å². The maximum Gasteiger partial charge on any atom is 0.119 e. The van der Waals surface area contributed by atoms with E-state index in [-0.39, 0.29) is 11.7 Å². The van der Waals surface area contributed by atoms with Crippen molar-refractivity contribution in [3.05, 3.63) is 35.7 Å². The van der Waals surface area contributed by atoms with Crippen LogP contribution in [0.3, 0.4) is 0 Å². The number of hydrogen-bond donors (Lipinski definition) is 0. The Labute approximate surface area is 60.7 Å². The van der Waals surface area contributed by atoms with Crippen LogP contribution in [0.2, 0.25) is 0 Å². The minimum atomic E-state index is -0.138. The summed E-state index contributed by atoms with van der Waals surface area (Å²) in [5.41, 5.74) is 1.20. The van der Waals surface area contributed by atoms with E-state index >= 15 is 0 Å². The van der Waals surface area contributed by atoms with Crippen LogP contribution < -0.4 is 0 Å². The molecule has 0 bridgehead atoms. The van der Waals surface area contributed by atoms with Gasteiger partial charge in [0.2, 0.25) is 0 Å². The molecule has 1 rings (SSSR count). The summed E-state index contributed by atoms with van der Waals surface area (Å²) in [5.74, 6) is 0.0931. The predicted molar refractivity (Wildman–Crippen MR) is 41.3 cm³/mol. The quantitative estimate of drug-likeness (QED) is 0.482. The summed E-state index contributed by atoms with van der Waals surface area (Å²) in [6.45, 7) is 3.99. The average Bonchev–Trinajstić information content (AvgIpc) is 1.96. The molecule has 0 saturated carbocycles. The number of rotatable bonds is 0. The molecule has 1 unspecified atom stereocenters. The van der Waals surface area contributed by atoms with E-state index < -0.39 is 0 Å². The summed E-state index contributed by atoms with van der Waals surface area (Å²) >= 11 is 0. The lowest BCUT2D eigenvalue weighted by Crippen LogP contribution is -1.89. The Hall–Kier alpha value is -0.850. The van der Waals surface area contributed by atoms with Gasteiger partial charge < -0.3 is 0 Å². The Morgan fingerprint density at radius 1 is 1.50 bits per heavy atom. The number of allylic oxidation sites excluding steroid dienone is 6. The van der Waals surface area contributed by atoms with E-state index in [4.69, 9.17) is 0 Å². The third-order valence-corrected chi connectivity index (χ3v) is 1.74. The second-order valence-electron chi connectivity index (χ2n) is 2.61. The highest BCUT2D eigenvalue weighted by Gasteiger charge is 2.02. The van der Waals surface area contributed by atoms with Gasteiger partial charge in [0.25, 0.3) is 0 Å². The molecule has 0 spiro atoms. The highest BCUT2D eigenvalue weighted by molar-refractivity contribution is 5.27. The first-order valence-corrected chi connectivity index (χ1v) is 3.42. The summed E-state index contributed by atoms with van der Waals surface area (Å²) in [6, 6.07) is 0. The lowest BCUT2D eigenvalue weighted by molar-refractivity contribution is 0.650. The molecule has 1 atom stereocenters. The van der Waals surface area contributed by atoms with E-state index in [2.05, 4.69) is 0 Å². The van der Waals surface area contributed by atoms with Crippen LogP contribution in [0.1, 0.15) is 13.8 Å². The van der Waals surface area contributed by atoms with Crippen LogP contribution in [0.5, 0.6) is 0 Å². The normalized spacial score (nSPS) is 25.3. The molecule has 54 valence electrons. The van der Waals surface area contributed by atoms with E-state index in [1.54, 1.807) is 12.2 Å². The fraction of sp³-hybridized carbons (Fsp3) is 0.333. The molecule has 0 aromatic rings. The van der Waals surface area contributed by atoms with Crippen LogP contribution in [0.15, 0.2) is 35.7 Å². The van der Waals surface area contributed by atoms with Gasteiger partial charge in [-0.3, -0.25) is 0 Å². The third-order valence-electron chi connectivity index (χ3n) is 1.74. The van der Waals surface area contributed by atoms with Crippen LogP contribution in [0.4, 0.5) is 4.39 Å². The van der Waals surface area contributed by atoms with E-state index in [0.29, 0.717) is 0 Å². The molecular weight excluding hydrogens is 127 g/mol. The first-order valence-electron chi connectivity index (χ1n) is 3.42. The van der Waals surface area contributed by atoms with E-state index in [1.165, 1.54) is 11.6 Å². The van der Waals surface area contributed by atoms with Crippen molar-refractivity contribution >= 4 is 0 Å². The Bertz CT molecular complexity index is 209. The smallest absolute Gasteiger partial charge is 0.119 e. The van der Waals surface area contributed by atoms with E-state index in [9.17, 15) is 4.39 Å². The fourth-order valence-electron chi connectivity index (χ4n) is 0.869. The Kier molecular flexibility index (Phi) is 2.05. The summed E-state index contributed by atoms with van der Waals surface area (Å²) in [7, 11) is 0. The van der Waals surface area contributed by atoms with Gasteiger partial charge in [0.05, 0.1) is 0 Å². The topological polar surface area (TPSA) is 0 Å². The van der Waals surface area contributed by atoms with Crippen molar-refractivity contribution in [3.63, 3.8) is 0 Å². The van der Waals surface area contributed by atoms with E-state index in [1.807, 2.05) is 19.9 Å². The van der Waals surface area contributed by atoms with Crippen LogP contribution in [-0.2, 0) is 0 Å². The molecule has 10 heavy (non-hydrogen) atoms. The first-order chi connectivity index (χ1) is 4.70. The molecule has 0 radical (unpaired) electrons. The summed E-state index contributed by atoms with van der Waals surface area (Å²) in [4.78, 5) is 0. The zero-order valence-corrected chi connectivity index (χ0v) is 6.26. The fourth-order valence-corrected chi connectivity index (χ4v) is 0.869. The molecule has 0 aromatic heterocycles. The van der Waals surface area contributed by atoms with Gasteiger partial charge in [-0.05, 0) is 25.0 Å². The second kappa shape index (κ2) is 2.82. The first kappa shape index (κ1) is 7.26. The standard InChI is InChI=1S/C9H11F/c1-7-4-3-5-9(10)6-8(7)2/h3-6,8H,1-2H3. The van der Waals surface area contributed by atoms with Crippen molar-refractivity contribution in [2.24, 2.45) is 5.92 Å². The van der Waals surface area contributed by atoms with Crippen LogP contribution in [0, 0.1) is 5.92 Å². The molecular formula is C9H11F. The Balaban J connectivity index is 2.88. The van der Waals surface area contributed by atoms with Gasteiger partial charge >= 0.3 is 0 Å². The molecule has 0 fully saturated rings. The SMILES string of the molecule is CC1=CC=CC(F)=CC1C. The molecule has 0 aromatic carbocycles. The highest BCUT2D eigenvalue weighted by atomic mass is 19.1. The minimum absolute atomic E-state index is 0.138. The number of hydrogen-bond acceptors (Lipinski definition) is 0. The van der Waals surface area contributed by atoms with Crippen LogP contribution >= 0.6 is 0 Å². The van der Waals surface area contributed by atoms with Gasteiger partial charge in [-0.15, -0.1) is 0 Å². The molecule has 1 heteroatoms. The van der Waals surface area contributed by atoms with Crippen molar-refractivity contribution in [1.29, 1.82) is 0 Å². The predicted octanol–water partition coefficient (Wildman–Crippen LogP) is 2.99. The van der Waals surface area contributed by atoms with Gasteiger partial charge in [0.1, 0.15) is 5.83 Å². The minimum Gasteiger partial charge on any atom is -0.207 e. The number of halogens is 1. The summed E-state index contributed by atoms with van der Waals surface area (Å²) in [5, 5.41) is 0. The average molecular weight is 138 g/mol. The monoisotopic (exact) mass is 138 g/mol. The van der Waals surface area contributed by atoms with Gasteiger partial charge in [-0.1, -0.05) is 24.6 Å². The molecule has 0 saturated heterocycles. The highest BCUT2D eigenvalue weighted by Crippen LogP contribution is 2.17. The lowest BCUT2D eigenvalue weighted by Gasteiger charge is -2.02. The molecule has 0 heterocycles. The molecule has 0 N–H and O–H groups in total. The van der Waals surface area contributed by atoms with Crippen molar-refractivity contribution in [3.8, 4) is 0 Å². The molecule has 0 amide bonds. The molecule has 0 nitrogen and oxygen atoms in total. The zero-order chi connectivity index (χ0) is 7.56. The Morgan fingerprint density at radius 3 is 2.90 bits per heavy atom. The van der Waals surface area contributed by atoms with Gasteiger partial charge in [0, 0.05) is 0 Å². The molecule has 0 aliphatic heterocycles. The van der Waals surface area contributed by atoms with Crippen molar-refractivity contribution in [2.75, 3.05) is 0 Å². The van der Waals surface area contributed by atoms with E-state index in [0.717, 1.165) is 0 Å². The molecule has 1 aliphatic rings. The molecule has 1 aliphatic carbocycles. The van der Waals surface area contributed by atoms with Gasteiger partial charge in [-0.2, -0.15) is 0 Å². The zero-order valence-electron chi connectivity index (χ0n) is 6.26. The van der Waals surface area contributed by atoms with Crippen LogP contribution in [0.25, 0.3) is 0 Å². The maximum absolute atomic E-state index is 12.6. The van der Waals surface area contributed by atoms with Gasteiger partial charge in [-0.25, -0.2) is 4.39 Å². The Morgan fingerprint density at radius 2 is 2.20 bits per heavy atom. The van der Waals surface area contributed by atoms with Crippen molar-refractivity contribution < 1.29 is 4.39 Å². The largest absolute Gasteiger partial charge is 0.207 e.